The van der Waals surface area contributed by atoms with Gasteiger partial charge in [-0.1, -0.05) is 11.6 Å². The van der Waals surface area contributed by atoms with Crippen molar-refractivity contribution in [2.75, 3.05) is 0 Å². The maximum atomic E-state index is 12.5. The van der Waals surface area contributed by atoms with Crippen molar-refractivity contribution in [1.82, 2.24) is 4.98 Å². The lowest BCUT2D eigenvalue weighted by atomic mass is 10.5. The summed E-state index contributed by atoms with van der Waals surface area (Å²) < 4.78 is 13.8. The fourth-order valence-electron chi connectivity index (χ4n) is 0.422. The molecule has 0 saturated carbocycles. The molecule has 1 rings (SSSR count). The molecule has 0 aromatic carbocycles. The average molecular weight is 336 g/mol. The van der Waals surface area contributed by atoms with Gasteiger partial charge >= 0.3 is 0 Å². The summed E-state index contributed by atoms with van der Waals surface area (Å²) in [6.45, 7) is 0. The van der Waals surface area contributed by atoms with E-state index in [2.05, 4.69) is 20.9 Å². The molecular weight excluding hydrogens is 335 g/mol. The molecule has 54 valence electrons. The molecule has 0 bridgehead atoms. The van der Waals surface area contributed by atoms with Crippen LogP contribution in [0.3, 0.4) is 0 Å². The summed E-state index contributed by atoms with van der Waals surface area (Å²) in [5.74, 6) is -0.630. The van der Waals surface area contributed by atoms with Crippen molar-refractivity contribution in [3.8, 4) is 0 Å². The van der Waals surface area contributed by atoms with Gasteiger partial charge in [0.1, 0.15) is 5.02 Å². The van der Waals surface area contributed by atoms with E-state index in [1.807, 2.05) is 22.6 Å². The first-order valence-electron chi connectivity index (χ1n) is 2.28. The van der Waals surface area contributed by atoms with E-state index in [0.717, 1.165) is 0 Å². The Kier molecular flexibility index (Phi) is 2.88. The maximum absolute atomic E-state index is 12.5. The molecule has 0 saturated heterocycles. The van der Waals surface area contributed by atoms with Crippen LogP contribution in [0.5, 0.6) is 0 Å². The maximum Gasteiger partial charge on any atom is 0.232 e. The second-order valence-electron chi connectivity index (χ2n) is 1.52. The number of pyridine rings is 1. The molecule has 1 aromatic heterocycles. The second kappa shape index (κ2) is 3.32. The zero-order valence-corrected chi connectivity index (χ0v) is 9.04. The molecule has 10 heavy (non-hydrogen) atoms. The van der Waals surface area contributed by atoms with Gasteiger partial charge in [0, 0.05) is 6.20 Å². The number of hydrogen-bond donors (Lipinski definition) is 0. The average Bonchev–Trinajstić information content (AvgIpc) is 1.93. The van der Waals surface area contributed by atoms with E-state index in [-0.39, 0.29) is 5.02 Å². The Hall–Kier alpha value is 0.580. The highest BCUT2D eigenvalue weighted by Gasteiger charge is 2.07. The molecule has 0 amide bonds. The number of nitrogens with zero attached hydrogens (tertiary/aromatic N) is 1. The normalized spacial score (nSPS) is 10.0. The summed E-state index contributed by atoms with van der Waals surface area (Å²) >= 11 is 10.6. The van der Waals surface area contributed by atoms with Gasteiger partial charge < -0.3 is 0 Å². The van der Waals surface area contributed by atoms with Crippen LogP contribution in [0, 0.1) is 9.52 Å². The predicted octanol–water partition coefficient (Wildman–Crippen LogP) is 3.24. The molecule has 0 fully saturated rings. The van der Waals surface area contributed by atoms with E-state index < -0.39 is 5.95 Å². The van der Waals surface area contributed by atoms with Gasteiger partial charge in [0.05, 0.1) is 8.04 Å². The molecule has 1 nitrogen and oxygen atoms in total. The first-order chi connectivity index (χ1) is 4.63. The standard InChI is InChI=1S/C5HBrClFIN/c6-2-1-10-5(8)3(7)4(2)9/h1H. The first-order valence-corrected chi connectivity index (χ1v) is 4.53. The van der Waals surface area contributed by atoms with Crippen molar-refractivity contribution in [3.05, 3.63) is 25.2 Å². The van der Waals surface area contributed by atoms with Gasteiger partial charge in [-0.25, -0.2) is 4.98 Å². The van der Waals surface area contributed by atoms with Crippen LogP contribution in [0.25, 0.3) is 0 Å². The van der Waals surface area contributed by atoms with Crippen molar-refractivity contribution >= 4 is 50.1 Å². The van der Waals surface area contributed by atoms with E-state index in [9.17, 15) is 4.39 Å². The Balaban J connectivity index is 3.34. The van der Waals surface area contributed by atoms with E-state index in [1.54, 1.807) is 0 Å². The van der Waals surface area contributed by atoms with Crippen molar-refractivity contribution in [3.63, 3.8) is 0 Å². The Morgan fingerprint density at radius 1 is 1.70 bits per heavy atom. The van der Waals surface area contributed by atoms with Crippen molar-refractivity contribution in [2.45, 2.75) is 0 Å². The van der Waals surface area contributed by atoms with Gasteiger partial charge in [-0.15, -0.1) is 0 Å². The number of rotatable bonds is 0. The zero-order valence-electron chi connectivity index (χ0n) is 4.54. The fraction of sp³-hybridized carbons (Fsp3) is 0. The van der Waals surface area contributed by atoms with E-state index >= 15 is 0 Å². The Morgan fingerprint density at radius 3 is 2.80 bits per heavy atom. The molecule has 0 atom stereocenters. The monoisotopic (exact) mass is 335 g/mol. The molecular formula is C5HBrClFIN. The highest BCUT2D eigenvalue weighted by molar-refractivity contribution is 14.1. The predicted molar refractivity (Wildman–Crippen MR) is 49.6 cm³/mol. The van der Waals surface area contributed by atoms with Crippen LogP contribution in [0.1, 0.15) is 0 Å². The van der Waals surface area contributed by atoms with Crippen LogP contribution >= 0.6 is 50.1 Å². The van der Waals surface area contributed by atoms with Crippen LogP contribution in [0.15, 0.2) is 10.7 Å². The SMILES string of the molecule is Fc1ncc(Br)c(I)c1Cl. The van der Waals surface area contributed by atoms with E-state index in [0.29, 0.717) is 8.04 Å². The molecule has 0 unspecified atom stereocenters. The van der Waals surface area contributed by atoms with Gasteiger partial charge in [-0.2, -0.15) is 4.39 Å². The quantitative estimate of drug-likeness (QED) is 0.524. The summed E-state index contributed by atoms with van der Waals surface area (Å²) in [6.07, 6.45) is 1.38. The molecule has 0 aliphatic carbocycles. The Bertz CT molecular complexity index is 241. The molecule has 0 N–H and O–H groups in total. The minimum absolute atomic E-state index is 0.0648. The van der Waals surface area contributed by atoms with Crippen molar-refractivity contribution in [1.29, 1.82) is 0 Å². The fourth-order valence-corrected chi connectivity index (χ4v) is 1.35. The lowest BCUT2D eigenvalue weighted by Crippen LogP contribution is -1.87. The molecule has 0 radical (unpaired) electrons. The number of aromatic nitrogens is 1. The summed E-state index contributed by atoms with van der Waals surface area (Å²) in [5, 5.41) is 0.0648. The van der Waals surface area contributed by atoms with Gasteiger partial charge in [0.15, 0.2) is 0 Å². The van der Waals surface area contributed by atoms with Crippen molar-refractivity contribution < 1.29 is 4.39 Å². The Morgan fingerprint density at radius 2 is 2.30 bits per heavy atom. The van der Waals surface area contributed by atoms with Crippen LogP contribution in [-0.2, 0) is 0 Å². The van der Waals surface area contributed by atoms with Gasteiger partial charge in [-0.3, -0.25) is 0 Å². The summed E-state index contributed by atoms with van der Waals surface area (Å²) in [7, 11) is 0. The van der Waals surface area contributed by atoms with Gasteiger partial charge in [0.25, 0.3) is 0 Å². The topological polar surface area (TPSA) is 12.9 Å². The molecule has 1 heterocycles. The first kappa shape index (κ1) is 8.67. The molecule has 1 aromatic rings. The van der Waals surface area contributed by atoms with Gasteiger partial charge in [-0.05, 0) is 38.5 Å². The van der Waals surface area contributed by atoms with E-state index in [1.165, 1.54) is 6.20 Å². The molecule has 0 aliphatic rings. The third-order valence-electron chi connectivity index (χ3n) is 0.875. The number of hydrogen-bond acceptors (Lipinski definition) is 1. The second-order valence-corrected chi connectivity index (χ2v) is 3.84. The lowest BCUT2D eigenvalue weighted by molar-refractivity contribution is 0.582. The van der Waals surface area contributed by atoms with Crippen LogP contribution in [0.4, 0.5) is 4.39 Å². The summed E-state index contributed by atoms with van der Waals surface area (Å²) in [6, 6.07) is 0. The molecule has 0 aliphatic heterocycles. The van der Waals surface area contributed by atoms with Gasteiger partial charge in [0.2, 0.25) is 5.95 Å². The van der Waals surface area contributed by atoms with Crippen LogP contribution in [-0.4, -0.2) is 4.98 Å². The number of halogens is 4. The zero-order chi connectivity index (χ0) is 7.72. The highest BCUT2D eigenvalue weighted by Crippen LogP contribution is 2.26. The summed E-state index contributed by atoms with van der Waals surface area (Å²) in [5.41, 5.74) is 0. The minimum Gasteiger partial charge on any atom is -0.226 e. The Labute approximate surface area is 84.2 Å². The lowest BCUT2D eigenvalue weighted by Gasteiger charge is -1.97. The summed E-state index contributed by atoms with van der Waals surface area (Å²) in [4.78, 5) is 3.39. The van der Waals surface area contributed by atoms with E-state index in [4.69, 9.17) is 11.6 Å². The minimum atomic E-state index is -0.630. The highest BCUT2D eigenvalue weighted by atomic mass is 127. The molecule has 0 spiro atoms. The molecule has 5 heteroatoms. The van der Waals surface area contributed by atoms with Crippen molar-refractivity contribution in [2.24, 2.45) is 0 Å². The third-order valence-corrected chi connectivity index (χ3v) is 4.00. The smallest absolute Gasteiger partial charge is 0.226 e. The largest absolute Gasteiger partial charge is 0.232 e. The third kappa shape index (κ3) is 1.60. The van der Waals surface area contributed by atoms with Crippen LogP contribution < -0.4 is 0 Å². The van der Waals surface area contributed by atoms with Crippen LogP contribution in [0.2, 0.25) is 5.02 Å².